The Kier molecular flexibility index (Phi) is 8.12. The van der Waals surface area contributed by atoms with Crippen molar-refractivity contribution in [3.05, 3.63) is 68.7 Å². The van der Waals surface area contributed by atoms with Gasteiger partial charge in [0.05, 0.1) is 6.42 Å². The molecule has 0 aliphatic rings. The number of benzene rings is 2. The highest BCUT2D eigenvalue weighted by Crippen LogP contribution is 2.24. The largest absolute Gasteiger partial charge is 0.352 e. The molecule has 2 rings (SSSR count). The van der Waals surface area contributed by atoms with Gasteiger partial charge in [0.25, 0.3) is 0 Å². The number of rotatable bonds is 7. The van der Waals surface area contributed by atoms with E-state index in [1.807, 2.05) is 45.9 Å². The number of nitrogens with one attached hydrogen (secondary N) is 1. The van der Waals surface area contributed by atoms with E-state index in [1.54, 1.807) is 30.0 Å². The van der Waals surface area contributed by atoms with Gasteiger partial charge in [0.15, 0.2) is 0 Å². The van der Waals surface area contributed by atoms with E-state index in [4.69, 9.17) is 23.2 Å². The Labute approximate surface area is 183 Å². The topological polar surface area (TPSA) is 49.4 Å². The number of carbonyl (C=O) groups is 2. The van der Waals surface area contributed by atoms with E-state index in [1.165, 1.54) is 0 Å². The molecule has 2 amide bonds. The normalized spacial score (nSPS) is 12.0. The van der Waals surface area contributed by atoms with Crippen LogP contribution in [0.2, 0.25) is 10.0 Å². The van der Waals surface area contributed by atoms with Gasteiger partial charge in [-0.1, -0.05) is 53.0 Å². The lowest BCUT2D eigenvalue weighted by Crippen LogP contribution is -2.49. The molecule has 0 saturated heterocycles. The van der Waals surface area contributed by atoms with E-state index >= 15 is 0 Å². The second-order valence-electron chi connectivity index (χ2n) is 7.70. The molecule has 0 heterocycles. The lowest BCUT2D eigenvalue weighted by atomic mass is 10.0. The molecule has 0 aliphatic carbocycles. The molecule has 2 aromatic rings. The van der Waals surface area contributed by atoms with Gasteiger partial charge in [0, 0.05) is 22.6 Å². The third kappa shape index (κ3) is 6.48. The number of hydrogen-bond acceptors (Lipinski definition) is 2. The Morgan fingerprint density at radius 3 is 2.31 bits per heavy atom. The van der Waals surface area contributed by atoms with E-state index in [0.717, 1.165) is 22.3 Å². The zero-order valence-corrected chi connectivity index (χ0v) is 19.1. The summed E-state index contributed by atoms with van der Waals surface area (Å²) in [5.74, 6) is -0.324. The van der Waals surface area contributed by atoms with Crippen LogP contribution >= 0.6 is 23.2 Å². The molecule has 0 bridgehead atoms. The predicted molar refractivity (Wildman–Crippen MR) is 119 cm³/mol. The van der Waals surface area contributed by atoms with Gasteiger partial charge >= 0.3 is 0 Å². The minimum atomic E-state index is -0.637. The quantitative estimate of drug-likeness (QED) is 0.658. The molecule has 0 aromatic heterocycles. The average molecular weight is 435 g/mol. The molecule has 156 valence electrons. The third-order valence-electron chi connectivity index (χ3n) is 4.80. The van der Waals surface area contributed by atoms with Crippen LogP contribution in [0.5, 0.6) is 0 Å². The maximum absolute atomic E-state index is 13.3. The van der Waals surface area contributed by atoms with E-state index in [0.29, 0.717) is 10.0 Å². The van der Waals surface area contributed by atoms with E-state index in [-0.39, 0.29) is 30.8 Å². The summed E-state index contributed by atoms with van der Waals surface area (Å²) >= 11 is 12.3. The van der Waals surface area contributed by atoms with Crippen molar-refractivity contribution in [2.75, 3.05) is 0 Å². The summed E-state index contributed by atoms with van der Waals surface area (Å²) in [6.45, 7) is 9.73. The fraction of sp³-hybridized carbons (Fsp3) is 0.391. The first-order chi connectivity index (χ1) is 13.6. The van der Waals surface area contributed by atoms with Crippen LogP contribution in [-0.2, 0) is 22.6 Å². The summed E-state index contributed by atoms with van der Waals surface area (Å²) in [6, 6.07) is 10.6. The molecule has 0 saturated carbocycles. The van der Waals surface area contributed by atoms with Gasteiger partial charge in [-0.15, -0.1) is 0 Å². The first kappa shape index (κ1) is 23.2. The zero-order chi connectivity index (χ0) is 21.7. The predicted octanol–water partition coefficient (Wildman–Crippen LogP) is 5.09. The molecule has 0 spiro atoms. The maximum atomic E-state index is 13.3. The number of nitrogens with zero attached hydrogens (tertiary/aromatic N) is 1. The van der Waals surface area contributed by atoms with Crippen molar-refractivity contribution < 1.29 is 9.59 Å². The highest BCUT2D eigenvalue weighted by molar-refractivity contribution is 6.35. The standard InChI is InChI=1S/C23H28Cl2N2O2/c1-14(2)26-23(29)17(5)27(13-18-8-9-20(24)12-21(18)25)22(28)11-19-10-15(3)6-7-16(19)4/h6-10,12,14,17H,11,13H2,1-5H3,(H,26,29)/t17-/m0/s1. The van der Waals surface area contributed by atoms with Crippen molar-refractivity contribution in [2.45, 2.75) is 59.7 Å². The maximum Gasteiger partial charge on any atom is 0.242 e. The second kappa shape index (κ2) is 10.1. The van der Waals surface area contributed by atoms with Crippen LogP contribution < -0.4 is 5.32 Å². The first-order valence-electron chi connectivity index (χ1n) is 9.68. The van der Waals surface area contributed by atoms with E-state index in [9.17, 15) is 9.59 Å². The first-order valence-corrected chi connectivity index (χ1v) is 10.4. The summed E-state index contributed by atoms with van der Waals surface area (Å²) in [7, 11) is 0. The van der Waals surface area contributed by atoms with Crippen molar-refractivity contribution in [3.63, 3.8) is 0 Å². The Hall–Kier alpha value is -2.04. The van der Waals surface area contributed by atoms with Crippen molar-refractivity contribution in [1.82, 2.24) is 10.2 Å². The summed E-state index contributed by atoms with van der Waals surface area (Å²) in [5, 5.41) is 3.88. The van der Waals surface area contributed by atoms with Crippen molar-refractivity contribution in [2.24, 2.45) is 0 Å². The van der Waals surface area contributed by atoms with Crippen molar-refractivity contribution >= 4 is 35.0 Å². The molecule has 0 radical (unpaired) electrons. The molecular weight excluding hydrogens is 407 g/mol. The number of hydrogen-bond donors (Lipinski definition) is 1. The van der Waals surface area contributed by atoms with E-state index in [2.05, 4.69) is 5.32 Å². The molecule has 0 fully saturated rings. The summed E-state index contributed by atoms with van der Waals surface area (Å²) in [6.07, 6.45) is 0.220. The molecule has 0 aliphatic heterocycles. The monoisotopic (exact) mass is 434 g/mol. The molecule has 6 heteroatoms. The number of amides is 2. The van der Waals surface area contributed by atoms with Crippen molar-refractivity contribution in [1.29, 1.82) is 0 Å². The minimum Gasteiger partial charge on any atom is -0.352 e. The molecule has 29 heavy (non-hydrogen) atoms. The highest BCUT2D eigenvalue weighted by Gasteiger charge is 2.27. The van der Waals surface area contributed by atoms with Crippen LogP contribution in [-0.4, -0.2) is 28.8 Å². The van der Waals surface area contributed by atoms with Crippen LogP contribution in [0.3, 0.4) is 0 Å². The lowest BCUT2D eigenvalue weighted by Gasteiger charge is -2.30. The zero-order valence-electron chi connectivity index (χ0n) is 17.6. The molecule has 0 unspecified atom stereocenters. The van der Waals surface area contributed by atoms with E-state index < -0.39 is 6.04 Å². The number of carbonyl (C=O) groups excluding carboxylic acids is 2. The SMILES string of the molecule is Cc1ccc(C)c(CC(=O)N(Cc2ccc(Cl)cc2Cl)[C@@H](C)C(=O)NC(C)C)c1. The Balaban J connectivity index is 2.33. The molecule has 1 atom stereocenters. The molecule has 4 nitrogen and oxygen atoms in total. The van der Waals surface area contributed by atoms with Crippen LogP contribution in [0.1, 0.15) is 43.0 Å². The van der Waals surface area contributed by atoms with Gasteiger partial charge in [-0.3, -0.25) is 9.59 Å². The highest BCUT2D eigenvalue weighted by atomic mass is 35.5. The Morgan fingerprint density at radius 1 is 1.00 bits per heavy atom. The Morgan fingerprint density at radius 2 is 1.69 bits per heavy atom. The van der Waals surface area contributed by atoms with Crippen LogP contribution in [0.4, 0.5) is 0 Å². The number of aryl methyl sites for hydroxylation is 2. The summed E-state index contributed by atoms with van der Waals surface area (Å²) < 4.78 is 0. The van der Waals surface area contributed by atoms with Gasteiger partial charge in [-0.05, 0) is 63.4 Å². The molecule has 2 aromatic carbocycles. The van der Waals surface area contributed by atoms with Crippen LogP contribution in [0, 0.1) is 13.8 Å². The van der Waals surface area contributed by atoms with Crippen LogP contribution in [0.15, 0.2) is 36.4 Å². The molecular formula is C23H28Cl2N2O2. The van der Waals surface area contributed by atoms with Crippen molar-refractivity contribution in [3.8, 4) is 0 Å². The van der Waals surface area contributed by atoms with Gasteiger partial charge in [0.2, 0.25) is 11.8 Å². The average Bonchev–Trinajstić information content (AvgIpc) is 2.63. The fourth-order valence-corrected chi connectivity index (χ4v) is 3.54. The van der Waals surface area contributed by atoms with Gasteiger partial charge in [-0.25, -0.2) is 0 Å². The fourth-order valence-electron chi connectivity index (χ4n) is 3.08. The summed E-state index contributed by atoms with van der Waals surface area (Å²) in [4.78, 5) is 27.5. The minimum absolute atomic E-state index is 0.0139. The van der Waals surface area contributed by atoms with Crippen LogP contribution in [0.25, 0.3) is 0 Å². The van der Waals surface area contributed by atoms with Gasteiger partial charge < -0.3 is 10.2 Å². The van der Waals surface area contributed by atoms with Gasteiger partial charge in [0.1, 0.15) is 6.04 Å². The summed E-state index contributed by atoms with van der Waals surface area (Å²) in [5.41, 5.74) is 3.84. The smallest absolute Gasteiger partial charge is 0.242 e. The lowest BCUT2D eigenvalue weighted by molar-refractivity contribution is -0.140. The number of halogens is 2. The van der Waals surface area contributed by atoms with Gasteiger partial charge in [-0.2, -0.15) is 0 Å². The third-order valence-corrected chi connectivity index (χ3v) is 5.39. The second-order valence-corrected chi connectivity index (χ2v) is 8.55. The Bertz CT molecular complexity index is 896. The molecule has 1 N–H and O–H groups in total.